The van der Waals surface area contributed by atoms with Crippen LogP contribution in [0.4, 0.5) is 23.2 Å². The Balaban J connectivity index is 1.28. The van der Waals surface area contributed by atoms with Gasteiger partial charge >= 0.3 is 6.18 Å². The molecule has 8 nitrogen and oxygen atoms in total. The lowest BCUT2D eigenvalue weighted by Gasteiger charge is -2.28. The first-order valence-corrected chi connectivity index (χ1v) is 14.8. The second kappa shape index (κ2) is 12.8. The van der Waals surface area contributed by atoms with Gasteiger partial charge in [-0.05, 0) is 86.6 Å². The Morgan fingerprint density at radius 3 is 2.18 bits per heavy atom. The van der Waals surface area contributed by atoms with Crippen molar-refractivity contribution in [3.8, 4) is 0 Å². The Kier molecular flexibility index (Phi) is 9.07. The molecule has 2 atom stereocenters. The van der Waals surface area contributed by atoms with E-state index in [1.807, 2.05) is 19.2 Å². The van der Waals surface area contributed by atoms with Crippen molar-refractivity contribution in [2.24, 2.45) is 17.8 Å². The van der Waals surface area contributed by atoms with E-state index < -0.39 is 48.2 Å². The Labute approximate surface area is 252 Å². The molecule has 2 aliphatic carbocycles. The second-order valence-corrected chi connectivity index (χ2v) is 11.9. The first-order chi connectivity index (χ1) is 20.9. The zero-order chi connectivity index (χ0) is 31.6. The van der Waals surface area contributed by atoms with Crippen LogP contribution >= 0.6 is 0 Å². The van der Waals surface area contributed by atoms with E-state index in [-0.39, 0.29) is 40.6 Å². The zero-order valence-electron chi connectivity index (χ0n) is 24.4. The fourth-order valence-electron chi connectivity index (χ4n) is 5.73. The minimum Gasteiger partial charge on any atom is -0.341 e. The molecule has 44 heavy (non-hydrogen) atoms. The average Bonchev–Trinajstić information content (AvgIpc) is 3.92. The van der Waals surface area contributed by atoms with Gasteiger partial charge in [-0.15, -0.1) is 0 Å². The molecule has 2 aromatic carbocycles. The highest BCUT2D eigenvalue weighted by Gasteiger charge is 2.48. The van der Waals surface area contributed by atoms with E-state index in [1.165, 1.54) is 42.6 Å². The molecule has 1 heterocycles. The van der Waals surface area contributed by atoms with Crippen LogP contribution in [0.1, 0.15) is 73.2 Å². The number of aromatic nitrogens is 2. The van der Waals surface area contributed by atoms with Crippen LogP contribution in [0.15, 0.2) is 60.8 Å². The molecule has 2 unspecified atom stereocenters. The number of amides is 3. The van der Waals surface area contributed by atoms with Crippen molar-refractivity contribution in [3.05, 3.63) is 83.4 Å². The van der Waals surface area contributed by atoms with Gasteiger partial charge < -0.3 is 16.0 Å². The van der Waals surface area contributed by atoms with Gasteiger partial charge in [-0.3, -0.25) is 19.1 Å². The van der Waals surface area contributed by atoms with Gasteiger partial charge in [-0.25, -0.2) is 4.39 Å². The summed E-state index contributed by atoms with van der Waals surface area (Å²) in [6, 6.07) is 9.02. The number of halogens is 4. The van der Waals surface area contributed by atoms with Gasteiger partial charge in [0, 0.05) is 12.2 Å². The fourth-order valence-corrected chi connectivity index (χ4v) is 5.73. The van der Waals surface area contributed by atoms with Crippen LogP contribution in [0.5, 0.6) is 0 Å². The maximum Gasteiger partial charge on any atom is 0.412 e. The number of alkyl halides is 3. The molecule has 234 valence electrons. The molecular weight excluding hydrogens is 578 g/mol. The third kappa shape index (κ3) is 7.46. The summed E-state index contributed by atoms with van der Waals surface area (Å²) < 4.78 is 57.7. The van der Waals surface area contributed by atoms with Crippen LogP contribution in [0.3, 0.4) is 0 Å². The fraction of sp³-hybridized carbons (Fsp3) is 0.438. The van der Waals surface area contributed by atoms with Crippen molar-refractivity contribution in [2.75, 3.05) is 5.32 Å². The second-order valence-electron chi connectivity index (χ2n) is 11.9. The molecule has 0 bridgehead atoms. The van der Waals surface area contributed by atoms with Crippen LogP contribution in [-0.2, 0) is 16.0 Å². The van der Waals surface area contributed by atoms with Gasteiger partial charge in [0.1, 0.15) is 17.6 Å². The molecule has 2 aliphatic rings. The highest BCUT2D eigenvalue weighted by molar-refractivity contribution is 6.01. The van der Waals surface area contributed by atoms with Crippen LogP contribution < -0.4 is 16.0 Å². The van der Waals surface area contributed by atoms with E-state index >= 15 is 4.39 Å². The van der Waals surface area contributed by atoms with Crippen LogP contribution in [0.25, 0.3) is 0 Å². The number of carbonyl (C=O) groups is 3. The van der Waals surface area contributed by atoms with Gasteiger partial charge in [-0.1, -0.05) is 36.4 Å². The minimum absolute atomic E-state index is 0.0759. The normalized spacial score (nSPS) is 16.5. The molecule has 2 saturated carbocycles. The number of nitrogens with one attached hydrogen (secondary N) is 3. The van der Waals surface area contributed by atoms with Crippen molar-refractivity contribution in [2.45, 2.75) is 70.3 Å². The van der Waals surface area contributed by atoms with Gasteiger partial charge in [0.05, 0.1) is 12.1 Å². The van der Waals surface area contributed by atoms with E-state index in [4.69, 9.17) is 0 Å². The van der Waals surface area contributed by atoms with Gasteiger partial charge in [0.15, 0.2) is 6.04 Å². The molecule has 0 aliphatic heterocycles. The smallest absolute Gasteiger partial charge is 0.341 e. The molecule has 3 amide bonds. The van der Waals surface area contributed by atoms with Gasteiger partial charge in [0.25, 0.3) is 5.91 Å². The highest BCUT2D eigenvalue weighted by atomic mass is 19.4. The van der Waals surface area contributed by atoms with E-state index in [1.54, 1.807) is 16.8 Å². The molecule has 12 heteroatoms. The molecule has 0 spiro atoms. The zero-order valence-corrected chi connectivity index (χ0v) is 24.4. The predicted octanol–water partition coefficient (Wildman–Crippen LogP) is 5.74. The number of rotatable bonds is 12. The largest absolute Gasteiger partial charge is 0.412 e. The molecule has 5 rings (SSSR count). The Morgan fingerprint density at radius 1 is 0.955 bits per heavy atom. The summed E-state index contributed by atoms with van der Waals surface area (Å²) in [6.07, 6.45) is 0.106. The summed E-state index contributed by atoms with van der Waals surface area (Å²) in [5.74, 6) is -2.31. The summed E-state index contributed by atoms with van der Waals surface area (Å²) in [4.78, 5) is 39.5. The van der Waals surface area contributed by atoms with E-state index in [2.05, 4.69) is 15.7 Å². The Hall–Kier alpha value is -4.22. The van der Waals surface area contributed by atoms with Crippen molar-refractivity contribution < 1.29 is 31.9 Å². The third-order valence-corrected chi connectivity index (χ3v) is 8.10. The number of hydrogen-bond donors (Lipinski definition) is 3. The number of nitrogens with zero attached hydrogens (tertiary/aromatic N) is 2. The van der Waals surface area contributed by atoms with Crippen molar-refractivity contribution in [1.82, 2.24) is 20.4 Å². The summed E-state index contributed by atoms with van der Waals surface area (Å²) in [5.41, 5.74) is 0.168. The van der Waals surface area contributed by atoms with Crippen molar-refractivity contribution >= 4 is 23.4 Å². The SMILES string of the molecule is CC(C)n1nccc1C(=O)NC(C(=O)Nc1ccc(CC(=O)NC(c2ccccc2)C(F)(F)F)cc1F)C(C1CC1)C1CC1. The Bertz CT molecular complexity index is 1490. The lowest BCUT2D eigenvalue weighted by molar-refractivity contribution is -0.163. The summed E-state index contributed by atoms with van der Waals surface area (Å²) in [7, 11) is 0. The van der Waals surface area contributed by atoms with Crippen molar-refractivity contribution in [1.29, 1.82) is 0 Å². The average molecular weight is 614 g/mol. The molecule has 2 fully saturated rings. The minimum atomic E-state index is -4.73. The van der Waals surface area contributed by atoms with Crippen LogP contribution in [-0.4, -0.2) is 39.7 Å². The van der Waals surface area contributed by atoms with Crippen LogP contribution in [0.2, 0.25) is 0 Å². The quantitative estimate of drug-likeness (QED) is 0.227. The lowest BCUT2D eigenvalue weighted by atomic mass is 9.88. The molecule has 0 radical (unpaired) electrons. The third-order valence-electron chi connectivity index (χ3n) is 8.10. The van der Waals surface area contributed by atoms with E-state index in [9.17, 15) is 27.6 Å². The summed E-state index contributed by atoms with van der Waals surface area (Å²) in [6.45, 7) is 3.78. The molecule has 1 aromatic heterocycles. The monoisotopic (exact) mass is 613 g/mol. The number of benzene rings is 2. The van der Waals surface area contributed by atoms with E-state index in [0.29, 0.717) is 5.69 Å². The Morgan fingerprint density at radius 2 is 1.61 bits per heavy atom. The maximum atomic E-state index is 15.2. The van der Waals surface area contributed by atoms with Crippen LogP contribution in [0, 0.1) is 23.6 Å². The summed E-state index contributed by atoms with van der Waals surface area (Å²) >= 11 is 0. The number of carbonyl (C=O) groups excluding carboxylic acids is 3. The first kappa shape index (κ1) is 31.2. The molecule has 3 N–H and O–H groups in total. The number of hydrogen-bond acceptors (Lipinski definition) is 4. The molecular formula is C32H35F4N5O3. The highest BCUT2D eigenvalue weighted by Crippen LogP contribution is 2.51. The van der Waals surface area contributed by atoms with Gasteiger partial charge in [0.2, 0.25) is 11.8 Å². The predicted molar refractivity (Wildman–Crippen MR) is 155 cm³/mol. The molecule has 3 aromatic rings. The first-order valence-electron chi connectivity index (χ1n) is 14.8. The molecule has 0 saturated heterocycles. The topological polar surface area (TPSA) is 105 Å². The number of anilines is 1. The summed E-state index contributed by atoms with van der Waals surface area (Å²) in [5, 5.41) is 11.7. The lowest BCUT2D eigenvalue weighted by Crippen LogP contribution is -2.50. The standard InChI is InChI=1S/C32H35F4N5O3/c1-18(2)41-25(14-15-37-41)30(43)40-28(27(20-9-10-20)21-11-12-21)31(44)38-24-13-8-19(16-23(24)33)17-26(42)39-29(32(34,35)36)22-6-4-3-5-7-22/h3-8,13-16,18,20-21,27-29H,9-12,17H2,1-2H3,(H,38,44)(H,39,42)(H,40,43). The van der Waals surface area contributed by atoms with Crippen molar-refractivity contribution in [3.63, 3.8) is 0 Å². The van der Waals surface area contributed by atoms with E-state index in [0.717, 1.165) is 31.7 Å². The van der Waals surface area contributed by atoms with Gasteiger partial charge in [-0.2, -0.15) is 18.3 Å². The maximum absolute atomic E-state index is 15.2.